The number of halogens is 2. The molecule has 0 spiro atoms. The van der Waals surface area contributed by atoms with Gasteiger partial charge in [0.2, 0.25) is 5.95 Å². The van der Waals surface area contributed by atoms with Crippen molar-refractivity contribution in [1.29, 1.82) is 0 Å². The molecule has 5 nitrogen and oxygen atoms in total. The van der Waals surface area contributed by atoms with E-state index in [9.17, 15) is 4.79 Å². The van der Waals surface area contributed by atoms with E-state index in [-0.39, 0.29) is 5.91 Å². The van der Waals surface area contributed by atoms with Crippen LogP contribution in [-0.2, 0) is 16.8 Å². The highest BCUT2D eigenvalue weighted by Gasteiger charge is 2.49. The van der Waals surface area contributed by atoms with Crippen LogP contribution in [0.1, 0.15) is 12.5 Å². The van der Waals surface area contributed by atoms with Crippen molar-refractivity contribution in [2.75, 3.05) is 12.0 Å². The molecule has 0 saturated heterocycles. The molecule has 2 heterocycles. The molecule has 1 aromatic heterocycles. The molecular formula is C20H17Cl2N3O2. The second-order valence-corrected chi connectivity index (χ2v) is 7.50. The van der Waals surface area contributed by atoms with Gasteiger partial charge in [-0.1, -0.05) is 41.4 Å². The van der Waals surface area contributed by atoms with Gasteiger partial charge in [0, 0.05) is 28.9 Å². The first-order valence-electron chi connectivity index (χ1n) is 8.40. The number of rotatable bonds is 4. The summed E-state index contributed by atoms with van der Waals surface area (Å²) in [6.45, 7) is 1.90. The van der Waals surface area contributed by atoms with Gasteiger partial charge in [0.15, 0.2) is 0 Å². The lowest BCUT2D eigenvalue weighted by atomic mass is 9.91. The Bertz CT molecular complexity index is 1010. The zero-order chi connectivity index (χ0) is 19.2. The summed E-state index contributed by atoms with van der Waals surface area (Å²) in [7, 11) is 1.63. The van der Waals surface area contributed by atoms with E-state index in [1.165, 1.54) is 0 Å². The number of nitrogens with zero attached hydrogens (tertiary/aromatic N) is 3. The van der Waals surface area contributed by atoms with Crippen LogP contribution in [-0.4, -0.2) is 22.6 Å². The van der Waals surface area contributed by atoms with Crippen molar-refractivity contribution in [3.8, 4) is 5.75 Å². The van der Waals surface area contributed by atoms with E-state index in [1.807, 2.05) is 42.0 Å². The van der Waals surface area contributed by atoms with Crippen molar-refractivity contribution < 1.29 is 9.53 Å². The number of carbonyl (C=O) groups excluding carboxylic acids is 1. The molecule has 2 aromatic carbocycles. The topological polar surface area (TPSA) is 47.4 Å². The number of methoxy groups -OCH3 is 1. The standard InChI is InChI=1S/C20H17Cl2N3O2/c1-20(12-13-5-3-4-6-17(13)27-2)18(26)25(19-23-7-8-24(19)20)16-10-14(21)9-15(22)11-16/h3-11H,12H2,1-2H3. The van der Waals surface area contributed by atoms with Gasteiger partial charge in [-0.15, -0.1) is 0 Å². The van der Waals surface area contributed by atoms with Crippen LogP contribution in [0.15, 0.2) is 54.9 Å². The number of hydrogen-bond donors (Lipinski definition) is 0. The zero-order valence-corrected chi connectivity index (χ0v) is 16.3. The normalized spacial score (nSPS) is 18.7. The number of ether oxygens (including phenoxy) is 1. The fourth-order valence-corrected chi connectivity index (χ4v) is 4.08. The molecule has 0 fully saturated rings. The van der Waals surface area contributed by atoms with Crippen LogP contribution < -0.4 is 9.64 Å². The smallest absolute Gasteiger partial charge is 0.260 e. The van der Waals surface area contributed by atoms with E-state index < -0.39 is 5.54 Å². The molecule has 27 heavy (non-hydrogen) atoms. The molecule has 0 bridgehead atoms. The Morgan fingerprint density at radius 3 is 2.56 bits per heavy atom. The summed E-state index contributed by atoms with van der Waals surface area (Å²) in [5, 5.41) is 0.920. The highest BCUT2D eigenvalue weighted by atomic mass is 35.5. The second-order valence-electron chi connectivity index (χ2n) is 6.63. The van der Waals surface area contributed by atoms with Gasteiger partial charge in [0.1, 0.15) is 11.3 Å². The predicted molar refractivity (Wildman–Crippen MR) is 106 cm³/mol. The lowest BCUT2D eigenvalue weighted by Gasteiger charge is -2.26. The van der Waals surface area contributed by atoms with E-state index >= 15 is 0 Å². The van der Waals surface area contributed by atoms with Gasteiger partial charge in [0.25, 0.3) is 5.91 Å². The van der Waals surface area contributed by atoms with Gasteiger partial charge in [-0.05, 0) is 36.8 Å². The minimum absolute atomic E-state index is 0.102. The van der Waals surface area contributed by atoms with Gasteiger partial charge in [-0.2, -0.15) is 0 Å². The summed E-state index contributed by atoms with van der Waals surface area (Å²) in [6.07, 6.45) is 3.96. The summed E-state index contributed by atoms with van der Waals surface area (Å²) >= 11 is 12.3. The van der Waals surface area contributed by atoms with Crippen LogP contribution in [0.2, 0.25) is 10.0 Å². The minimum Gasteiger partial charge on any atom is -0.496 e. The summed E-state index contributed by atoms with van der Waals surface area (Å²) in [6, 6.07) is 12.7. The van der Waals surface area contributed by atoms with Gasteiger partial charge in [0.05, 0.1) is 12.8 Å². The Kier molecular flexibility index (Phi) is 4.36. The van der Waals surface area contributed by atoms with E-state index in [0.717, 1.165) is 11.3 Å². The fraction of sp³-hybridized carbons (Fsp3) is 0.200. The molecule has 138 valence electrons. The van der Waals surface area contributed by atoms with Crippen molar-refractivity contribution in [3.05, 3.63) is 70.5 Å². The van der Waals surface area contributed by atoms with Gasteiger partial charge < -0.3 is 9.30 Å². The summed E-state index contributed by atoms with van der Waals surface area (Å²) in [5.74, 6) is 1.18. The maximum atomic E-state index is 13.5. The maximum absolute atomic E-state index is 13.5. The van der Waals surface area contributed by atoms with E-state index in [0.29, 0.717) is 28.1 Å². The Morgan fingerprint density at radius 2 is 1.85 bits per heavy atom. The number of anilines is 2. The van der Waals surface area contributed by atoms with Crippen LogP contribution in [0, 0.1) is 0 Å². The van der Waals surface area contributed by atoms with Gasteiger partial charge in [-0.3, -0.25) is 4.79 Å². The molecule has 1 unspecified atom stereocenters. The lowest BCUT2D eigenvalue weighted by Crippen LogP contribution is -2.40. The van der Waals surface area contributed by atoms with E-state index in [1.54, 1.807) is 36.4 Å². The molecule has 1 atom stereocenters. The highest BCUT2D eigenvalue weighted by molar-refractivity contribution is 6.35. The van der Waals surface area contributed by atoms with Crippen LogP contribution in [0.4, 0.5) is 11.6 Å². The minimum atomic E-state index is -0.852. The molecule has 4 rings (SSSR count). The fourth-order valence-electron chi connectivity index (χ4n) is 3.56. The number of hydrogen-bond acceptors (Lipinski definition) is 3. The molecule has 0 saturated carbocycles. The largest absolute Gasteiger partial charge is 0.496 e. The maximum Gasteiger partial charge on any atom is 0.260 e. The summed E-state index contributed by atoms with van der Waals surface area (Å²) < 4.78 is 7.35. The van der Waals surface area contributed by atoms with Crippen molar-refractivity contribution in [3.63, 3.8) is 0 Å². The average molecular weight is 402 g/mol. The number of carbonyl (C=O) groups is 1. The van der Waals surface area contributed by atoms with Gasteiger partial charge >= 0.3 is 0 Å². The Balaban J connectivity index is 1.81. The van der Waals surface area contributed by atoms with Crippen LogP contribution in [0.25, 0.3) is 0 Å². The first-order chi connectivity index (χ1) is 12.9. The number of amides is 1. The predicted octanol–water partition coefficient (Wildman–Crippen LogP) is 4.83. The SMILES string of the molecule is COc1ccccc1CC1(C)C(=O)N(c2cc(Cl)cc(Cl)c2)c2nccn21. The first kappa shape index (κ1) is 17.9. The molecule has 3 aromatic rings. The van der Waals surface area contributed by atoms with Crippen molar-refractivity contribution in [2.45, 2.75) is 18.9 Å². The van der Waals surface area contributed by atoms with Crippen molar-refractivity contribution >= 4 is 40.7 Å². The van der Waals surface area contributed by atoms with Crippen LogP contribution in [0.3, 0.4) is 0 Å². The number of imidazole rings is 1. The van der Waals surface area contributed by atoms with E-state index in [2.05, 4.69) is 4.98 Å². The molecule has 1 aliphatic heterocycles. The number of para-hydroxylation sites is 1. The monoisotopic (exact) mass is 401 g/mol. The molecule has 0 N–H and O–H groups in total. The molecule has 1 amide bonds. The third-order valence-electron chi connectivity index (χ3n) is 4.85. The molecule has 0 aliphatic carbocycles. The lowest BCUT2D eigenvalue weighted by molar-refractivity contribution is -0.123. The molecular weight excluding hydrogens is 385 g/mol. The summed E-state index contributed by atoms with van der Waals surface area (Å²) in [5.41, 5.74) is 0.685. The second kappa shape index (κ2) is 6.59. The number of fused-ring (bicyclic) bond motifs is 1. The zero-order valence-electron chi connectivity index (χ0n) is 14.8. The molecule has 7 heteroatoms. The average Bonchev–Trinajstić information content (AvgIpc) is 3.17. The van der Waals surface area contributed by atoms with Crippen molar-refractivity contribution in [1.82, 2.24) is 9.55 Å². The van der Waals surface area contributed by atoms with E-state index in [4.69, 9.17) is 27.9 Å². The molecule has 1 aliphatic rings. The quantitative estimate of drug-likeness (QED) is 0.628. The summed E-state index contributed by atoms with van der Waals surface area (Å²) in [4.78, 5) is 19.5. The number of aromatic nitrogens is 2. The Morgan fingerprint density at radius 1 is 1.15 bits per heavy atom. The van der Waals surface area contributed by atoms with Crippen LogP contribution >= 0.6 is 23.2 Å². The Hall–Kier alpha value is -2.50. The molecule has 0 radical (unpaired) electrons. The van der Waals surface area contributed by atoms with Crippen LogP contribution in [0.5, 0.6) is 5.75 Å². The third kappa shape index (κ3) is 2.87. The Labute approximate surface area is 167 Å². The number of benzene rings is 2. The highest BCUT2D eigenvalue weighted by Crippen LogP contribution is 2.42. The first-order valence-corrected chi connectivity index (χ1v) is 9.16. The van der Waals surface area contributed by atoms with Crippen molar-refractivity contribution in [2.24, 2.45) is 0 Å². The van der Waals surface area contributed by atoms with Gasteiger partial charge in [-0.25, -0.2) is 9.88 Å². The third-order valence-corrected chi connectivity index (χ3v) is 5.29.